The second-order valence-corrected chi connectivity index (χ2v) is 6.21. The number of rotatable bonds is 3. The predicted molar refractivity (Wildman–Crippen MR) is 71.7 cm³/mol. The van der Waals surface area contributed by atoms with E-state index in [2.05, 4.69) is 14.9 Å². The highest BCUT2D eigenvalue weighted by atomic mass is 35.5. The van der Waals surface area contributed by atoms with E-state index in [1.54, 1.807) is 34.0 Å². The van der Waals surface area contributed by atoms with Crippen molar-refractivity contribution >= 4 is 27.4 Å². The summed E-state index contributed by atoms with van der Waals surface area (Å²) in [7, 11) is -0.548. The molecule has 0 unspecified atom stereocenters. The lowest BCUT2D eigenvalue weighted by atomic mass is 10.5. The highest BCUT2D eigenvalue weighted by Gasteiger charge is 2.26. The molecule has 1 N–H and O–H groups in total. The Morgan fingerprint density at radius 1 is 1.21 bits per heavy atom. The summed E-state index contributed by atoms with van der Waals surface area (Å²) < 4.78 is 29.9. The fourth-order valence-corrected chi connectivity index (χ4v) is 3.64. The number of nitrogens with one attached hydrogen (secondary N) is 1. The minimum absolute atomic E-state index is 0.0180. The molecular weight excluding hydrogens is 290 g/mol. The van der Waals surface area contributed by atoms with Crippen molar-refractivity contribution in [3.63, 3.8) is 0 Å². The van der Waals surface area contributed by atoms with E-state index in [0.717, 1.165) is 0 Å². The summed E-state index contributed by atoms with van der Waals surface area (Å²) >= 11 is 5.97. The van der Waals surface area contributed by atoms with E-state index in [-0.39, 0.29) is 10.0 Å². The second kappa shape index (κ2) is 4.53. The predicted octanol–water partition coefficient (Wildman–Crippen LogP) is 1.22. The summed E-state index contributed by atoms with van der Waals surface area (Å²) in [6, 6.07) is 1.64. The van der Waals surface area contributed by atoms with Crippen LogP contribution in [0.5, 0.6) is 0 Å². The molecule has 0 saturated carbocycles. The van der Waals surface area contributed by atoms with E-state index in [0.29, 0.717) is 17.2 Å². The third kappa shape index (κ3) is 2.45. The molecule has 2 aromatic heterocycles. The number of halogens is 1. The molecule has 0 amide bonds. The molecule has 104 valence electrons. The molecule has 0 aliphatic carbocycles. The van der Waals surface area contributed by atoms with Crippen molar-refractivity contribution in [1.82, 2.24) is 19.6 Å². The molecule has 0 bridgehead atoms. The van der Waals surface area contributed by atoms with E-state index in [1.165, 1.54) is 9.36 Å². The Hall–Kier alpha value is -1.54. The standard InChI is InChI=1S/C10H14ClN5O2S/c1-6-5-8(15(3)12-6)14-19(17,18)9-7(2)13-16(4)10(9)11/h5,14H,1-4H3. The minimum atomic E-state index is -3.79. The summed E-state index contributed by atoms with van der Waals surface area (Å²) in [4.78, 5) is -0.0180. The Labute approximate surface area is 116 Å². The van der Waals surface area contributed by atoms with Crippen LogP contribution in [0.15, 0.2) is 11.0 Å². The maximum absolute atomic E-state index is 12.3. The van der Waals surface area contributed by atoms with Gasteiger partial charge in [0.15, 0.2) is 0 Å². The lowest BCUT2D eigenvalue weighted by molar-refractivity contribution is 0.599. The van der Waals surface area contributed by atoms with Crippen molar-refractivity contribution in [2.24, 2.45) is 14.1 Å². The van der Waals surface area contributed by atoms with Gasteiger partial charge in [-0.15, -0.1) is 0 Å². The molecule has 0 saturated heterocycles. The molecule has 2 heterocycles. The molecule has 7 nitrogen and oxygen atoms in total. The van der Waals surface area contributed by atoms with E-state index >= 15 is 0 Å². The number of aromatic nitrogens is 4. The fourth-order valence-electron chi connectivity index (χ4n) is 1.81. The first-order valence-electron chi connectivity index (χ1n) is 5.45. The quantitative estimate of drug-likeness (QED) is 0.924. The van der Waals surface area contributed by atoms with Crippen LogP contribution in [0.3, 0.4) is 0 Å². The molecule has 2 aromatic rings. The third-order valence-electron chi connectivity index (χ3n) is 2.61. The summed E-state index contributed by atoms with van der Waals surface area (Å²) in [5.41, 5.74) is 1.06. The van der Waals surface area contributed by atoms with Gasteiger partial charge in [0, 0.05) is 20.2 Å². The van der Waals surface area contributed by atoms with Crippen LogP contribution in [0, 0.1) is 13.8 Å². The van der Waals surface area contributed by atoms with Crippen LogP contribution in [0.1, 0.15) is 11.4 Å². The average Bonchev–Trinajstić information content (AvgIpc) is 2.68. The molecule has 0 atom stereocenters. The Kier molecular flexibility index (Phi) is 3.31. The first kappa shape index (κ1) is 13.9. The van der Waals surface area contributed by atoms with Gasteiger partial charge in [-0.25, -0.2) is 8.42 Å². The number of hydrogen-bond donors (Lipinski definition) is 1. The van der Waals surface area contributed by atoms with Gasteiger partial charge in [0.2, 0.25) is 0 Å². The van der Waals surface area contributed by atoms with Crippen molar-refractivity contribution in [2.75, 3.05) is 4.72 Å². The highest BCUT2D eigenvalue weighted by molar-refractivity contribution is 7.92. The topological polar surface area (TPSA) is 81.8 Å². The maximum Gasteiger partial charge on any atom is 0.267 e. The molecule has 0 fully saturated rings. The molecule has 0 aliphatic heterocycles. The monoisotopic (exact) mass is 303 g/mol. The van der Waals surface area contributed by atoms with E-state index < -0.39 is 10.0 Å². The second-order valence-electron chi connectivity index (χ2n) is 4.23. The zero-order valence-electron chi connectivity index (χ0n) is 11.0. The lowest BCUT2D eigenvalue weighted by Gasteiger charge is -2.07. The molecule has 19 heavy (non-hydrogen) atoms. The maximum atomic E-state index is 12.3. The van der Waals surface area contributed by atoms with Crippen molar-refractivity contribution < 1.29 is 8.42 Å². The summed E-state index contributed by atoms with van der Waals surface area (Å²) in [5.74, 6) is 0.372. The highest BCUT2D eigenvalue weighted by Crippen LogP contribution is 2.26. The van der Waals surface area contributed by atoms with E-state index in [9.17, 15) is 8.42 Å². The van der Waals surface area contributed by atoms with Gasteiger partial charge in [0.05, 0.1) is 11.4 Å². The first-order valence-corrected chi connectivity index (χ1v) is 7.31. The molecule has 0 spiro atoms. The van der Waals surface area contributed by atoms with Crippen molar-refractivity contribution in [2.45, 2.75) is 18.7 Å². The van der Waals surface area contributed by atoms with Crippen LogP contribution in [0.4, 0.5) is 5.82 Å². The average molecular weight is 304 g/mol. The Balaban J connectivity index is 2.46. The number of sulfonamides is 1. The summed E-state index contributed by atoms with van der Waals surface area (Å²) in [6.45, 7) is 3.37. The number of hydrogen-bond acceptors (Lipinski definition) is 4. The van der Waals surface area contributed by atoms with Gasteiger partial charge in [0.25, 0.3) is 10.0 Å². The van der Waals surface area contributed by atoms with Gasteiger partial charge in [-0.05, 0) is 13.8 Å². The van der Waals surface area contributed by atoms with Crippen LogP contribution >= 0.6 is 11.6 Å². The van der Waals surface area contributed by atoms with Crippen molar-refractivity contribution in [1.29, 1.82) is 0 Å². The van der Waals surface area contributed by atoms with Gasteiger partial charge >= 0.3 is 0 Å². The molecule has 0 radical (unpaired) electrons. The van der Waals surface area contributed by atoms with Gasteiger partial charge in [-0.3, -0.25) is 14.1 Å². The zero-order valence-corrected chi connectivity index (χ0v) is 12.5. The van der Waals surface area contributed by atoms with Crippen molar-refractivity contribution in [3.05, 3.63) is 22.6 Å². The van der Waals surface area contributed by atoms with Crippen molar-refractivity contribution in [3.8, 4) is 0 Å². The number of anilines is 1. The van der Waals surface area contributed by atoms with Crippen LogP contribution < -0.4 is 4.72 Å². The molecule has 0 aromatic carbocycles. The van der Waals surface area contributed by atoms with E-state index in [4.69, 9.17) is 11.6 Å². The summed E-state index contributed by atoms with van der Waals surface area (Å²) in [6.07, 6.45) is 0. The fraction of sp³-hybridized carbons (Fsp3) is 0.400. The van der Waals surface area contributed by atoms with Crippen LogP contribution in [-0.2, 0) is 24.1 Å². The minimum Gasteiger partial charge on any atom is -0.263 e. The summed E-state index contributed by atoms with van der Waals surface area (Å²) in [5, 5.41) is 8.14. The molecule has 9 heteroatoms. The Morgan fingerprint density at radius 2 is 1.84 bits per heavy atom. The van der Waals surface area contributed by atoms with Gasteiger partial charge < -0.3 is 0 Å². The smallest absolute Gasteiger partial charge is 0.263 e. The number of aryl methyl sites for hydroxylation is 4. The van der Waals surface area contributed by atoms with Crippen LogP contribution in [0.2, 0.25) is 5.15 Å². The van der Waals surface area contributed by atoms with Crippen LogP contribution in [-0.4, -0.2) is 28.0 Å². The zero-order chi connectivity index (χ0) is 14.4. The molecular formula is C10H14ClN5O2S. The Morgan fingerprint density at radius 3 is 2.26 bits per heavy atom. The SMILES string of the molecule is Cc1cc(NS(=O)(=O)c2c(C)nn(C)c2Cl)n(C)n1. The Bertz CT molecular complexity index is 731. The van der Waals surface area contributed by atoms with E-state index in [1.807, 2.05) is 0 Å². The normalized spacial score (nSPS) is 11.8. The lowest BCUT2D eigenvalue weighted by Crippen LogP contribution is -2.16. The first-order chi connectivity index (χ1) is 8.72. The van der Waals surface area contributed by atoms with Gasteiger partial charge in [-0.1, -0.05) is 11.6 Å². The number of nitrogens with zero attached hydrogens (tertiary/aromatic N) is 4. The van der Waals surface area contributed by atoms with Gasteiger partial charge in [-0.2, -0.15) is 10.2 Å². The van der Waals surface area contributed by atoms with Gasteiger partial charge in [0.1, 0.15) is 15.9 Å². The van der Waals surface area contributed by atoms with Crippen LogP contribution in [0.25, 0.3) is 0 Å². The molecule has 2 rings (SSSR count). The molecule has 0 aliphatic rings. The third-order valence-corrected chi connectivity index (χ3v) is 4.66. The largest absolute Gasteiger partial charge is 0.267 e.